The van der Waals surface area contributed by atoms with Crippen molar-refractivity contribution in [3.63, 3.8) is 0 Å². The van der Waals surface area contributed by atoms with Gasteiger partial charge in [0.25, 0.3) is 0 Å². The predicted octanol–water partition coefficient (Wildman–Crippen LogP) is 0.285. The Labute approximate surface area is 51.9 Å². The molecule has 0 saturated heterocycles. The first-order chi connectivity index (χ1) is 4.43. The maximum absolute atomic E-state index is 8.02. The second-order valence-electron chi connectivity index (χ2n) is 1.37. The molecule has 1 aromatic rings. The van der Waals surface area contributed by atoms with Gasteiger partial charge in [-0.15, -0.1) is 0 Å². The highest BCUT2D eigenvalue weighted by molar-refractivity contribution is 5.75. The fraction of sp³-hybridized carbons (Fsp3) is 0. The van der Waals surface area contributed by atoms with Gasteiger partial charge in [0.15, 0.2) is 0 Å². The van der Waals surface area contributed by atoms with E-state index in [1.54, 1.807) is 6.20 Å². The molecule has 0 aliphatic rings. The van der Waals surface area contributed by atoms with Crippen LogP contribution < -0.4 is 0 Å². The molecule has 1 rings (SSSR count). The van der Waals surface area contributed by atoms with Crippen LogP contribution in [0.15, 0.2) is 23.7 Å². The van der Waals surface area contributed by atoms with Crippen molar-refractivity contribution in [2.24, 2.45) is 5.16 Å². The molecule has 0 spiro atoms. The fourth-order valence-corrected chi connectivity index (χ4v) is 0.436. The van der Waals surface area contributed by atoms with Gasteiger partial charge >= 0.3 is 0 Å². The summed E-state index contributed by atoms with van der Waals surface area (Å²) in [6.07, 6.45) is 5.79. The Morgan fingerprint density at radius 1 is 1.56 bits per heavy atom. The molecule has 0 atom stereocenters. The van der Waals surface area contributed by atoms with Crippen molar-refractivity contribution >= 4 is 6.21 Å². The third kappa shape index (κ3) is 1.49. The zero-order chi connectivity index (χ0) is 6.53. The topological polar surface area (TPSA) is 58.4 Å². The Hall–Kier alpha value is -1.45. The van der Waals surface area contributed by atoms with Crippen LogP contribution in [0.3, 0.4) is 0 Å². The summed E-state index contributed by atoms with van der Waals surface area (Å²) < 4.78 is 0. The number of nitrogens with zero attached hydrogens (tertiary/aromatic N) is 3. The van der Waals surface area contributed by atoms with Gasteiger partial charge in [-0.2, -0.15) is 0 Å². The van der Waals surface area contributed by atoms with Crippen LogP contribution in [-0.2, 0) is 0 Å². The molecule has 1 N–H and O–H groups in total. The van der Waals surface area contributed by atoms with Crippen molar-refractivity contribution in [2.75, 3.05) is 0 Å². The molecule has 1 heterocycles. The third-order valence-electron chi connectivity index (χ3n) is 0.773. The van der Waals surface area contributed by atoms with Crippen LogP contribution in [0, 0.1) is 0 Å². The summed E-state index contributed by atoms with van der Waals surface area (Å²) in [6.45, 7) is 0. The number of aromatic nitrogens is 2. The van der Waals surface area contributed by atoms with Crippen molar-refractivity contribution in [3.05, 3.63) is 24.3 Å². The molecule has 0 amide bonds. The van der Waals surface area contributed by atoms with E-state index in [2.05, 4.69) is 15.1 Å². The molecule has 4 nitrogen and oxygen atoms in total. The van der Waals surface area contributed by atoms with E-state index < -0.39 is 0 Å². The van der Waals surface area contributed by atoms with Gasteiger partial charge in [-0.3, -0.25) is 9.97 Å². The fourth-order valence-electron chi connectivity index (χ4n) is 0.436. The Morgan fingerprint density at radius 2 is 2.44 bits per heavy atom. The molecule has 0 aliphatic carbocycles. The largest absolute Gasteiger partial charge is 0.411 e. The Balaban J connectivity index is 2.85. The van der Waals surface area contributed by atoms with Crippen LogP contribution in [0.2, 0.25) is 0 Å². The van der Waals surface area contributed by atoms with Gasteiger partial charge in [0.2, 0.25) is 0 Å². The van der Waals surface area contributed by atoms with Crippen LogP contribution in [0.25, 0.3) is 0 Å². The lowest BCUT2D eigenvalue weighted by Gasteiger charge is -1.83. The van der Waals surface area contributed by atoms with Crippen molar-refractivity contribution in [2.45, 2.75) is 0 Å². The van der Waals surface area contributed by atoms with Gasteiger partial charge < -0.3 is 5.21 Å². The van der Waals surface area contributed by atoms with Crippen LogP contribution >= 0.6 is 0 Å². The van der Waals surface area contributed by atoms with Gasteiger partial charge in [0.05, 0.1) is 12.4 Å². The minimum Gasteiger partial charge on any atom is -0.411 e. The minimum atomic E-state index is 0.542. The van der Waals surface area contributed by atoms with Crippen LogP contribution in [0.4, 0.5) is 0 Å². The van der Waals surface area contributed by atoms with Gasteiger partial charge in [0.1, 0.15) is 5.69 Å². The monoisotopic (exact) mass is 123 g/mol. The van der Waals surface area contributed by atoms with Gasteiger partial charge in [-0.1, -0.05) is 5.16 Å². The maximum Gasteiger partial charge on any atom is 0.103 e. The second kappa shape index (κ2) is 2.76. The first-order valence-electron chi connectivity index (χ1n) is 2.37. The van der Waals surface area contributed by atoms with E-state index in [0.717, 1.165) is 0 Å². The Bertz CT molecular complexity index is 197. The summed E-state index contributed by atoms with van der Waals surface area (Å²) in [5, 5.41) is 10.8. The molecule has 0 aliphatic heterocycles. The molecule has 0 aromatic carbocycles. The van der Waals surface area contributed by atoms with Gasteiger partial charge in [-0.05, 0) is 0 Å². The van der Waals surface area contributed by atoms with Crippen molar-refractivity contribution in [1.82, 2.24) is 9.97 Å². The summed E-state index contributed by atoms with van der Waals surface area (Å²) in [5.74, 6) is 0. The molecule has 4 heteroatoms. The number of rotatable bonds is 1. The summed E-state index contributed by atoms with van der Waals surface area (Å²) in [6, 6.07) is 0. The van der Waals surface area contributed by atoms with Gasteiger partial charge in [-0.25, -0.2) is 0 Å². The first-order valence-corrected chi connectivity index (χ1v) is 2.37. The minimum absolute atomic E-state index is 0.542. The molecular formula is C5H5N3O. The van der Waals surface area contributed by atoms with E-state index in [9.17, 15) is 0 Å². The van der Waals surface area contributed by atoms with E-state index in [-0.39, 0.29) is 0 Å². The molecule has 0 radical (unpaired) electrons. The highest BCUT2D eigenvalue weighted by Crippen LogP contribution is 1.82. The lowest BCUT2D eigenvalue weighted by atomic mass is 10.5. The lowest BCUT2D eigenvalue weighted by molar-refractivity contribution is 0.321. The van der Waals surface area contributed by atoms with E-state index in [4.69, 9.17) is 5.21 Å². The first kappa shape index (κ1) is 5.68. The molecule has 1 aromatic heterocycles. The zero-order valence-electron chi connectivity index (χ0n) is 4.60. The quantitative estimate of drug-likeness (QED) is 0.331. The van der Waals surface area contributed by atoms with E-state index in [0.29, 0.717) is 5.69 Å². The second-order valence-corrected chi connectivity index (χ2v) is 1.37. The van der Waals surface area contributed by atoms with E-state index in [1.165, 1.54) is 18.6 Å². The Kier molecular flexibility index (Phi) is 1.74. The number of oxime groups is 1. The molecule has 0 bridgehead atoms. The SMILES string of the molecule is O/N=C\c1cnccn1. The van der Waals surface area contributed by atoms with E-state index >= 15 is 0 Å². The summed E-state index contributed by atoms with van der Waals surface area (Å²) in [5.41, 5.74) is 0.542. The summed E-state index contributed by atoms with van der Waals surface area (Å²) >= 11 is 0. The molecule has 0 fully saturated rings. The zero-order valence-corrected chi connectivity index (χ0v) is 4.60. The molecular weight excluding hydrogens is 118 g/mol. The molecule has 46 valence electrons. The van der Waals surface area contributed by atoms with Crippen LogP contribution in [0.1, 0.15) is 5.69 Å². The number of hydrogen-bond acceptors (Lipinski definition) is 4. The summed E-state index contributed by atoms with van der Waals surface area (Å²) in [4.78, 5) is 7.54. The summed E-state index contributed by atoms with van der Waals surface area (Å²) in [7, 11) is 0. The highest BCUT2D eigenvalue weighted by Gasteiger charge is 1.82. The van der Waals surface area contributed by atoms with Crippen LogP contribution in [0.5, 0.6) is 0 Å². The highest BCUT2D eigenvalue weighted by atomic mass is 16.4. The van der Waals surface area contributed by atoms with Crippen molar-refractivity contribution < 1.29 is 5.21 Å². The van der Waals surface area contributed by atoms with Crippen molar-refractivity contribution in [1.29, 1.82) is 0 Å². The number of hydrogen-bond donors (Lipinski definition) is 1. The van der Waals surface area contributed by atoms with Crippen molar-refractivity contribution in [3.8, 4) is 0 Å². The molecule has 9 heavy (non-hydrogen) atoms. The molecule has 0 unspecified atom stereocenters. The smallest absolute Gasteiger partial charge is 0.103 e. The normalized spacial score (nSPS) is 10.2. The van der Waals surface area contributed by atoms with E-state index in [1.807, 2.05) is 0 Å². The predicted molar refractivity (Wildman–Crippen MR) is 31.4 cm³/mol. The lowest BCUT2D eigenvalue weighted by Crippen LogP contribution is -1.85. The maximum atomic E-state index is 8.02. The third-order valence-corrected chi connectivity index (χ3v) is 0.773. The molecule has 0 saturated carbocycles. The standard InChI is InChI=1S/C5H5N3O/c9-8-4-5-3-6-1-2-7-5/h1-4,9H/b8-4-. The average Bonchev–Trinajstić information content (AvgIpc) is 1.91. The van der Waals surface area contributed by atoms with Gasteiger partial charge in [0, 0.05) is 12.4 Å². The average molecular weight is 123 g/mol. The van der Waals surface area contributed by atoms with Crippen LogP contribution in [-0.4, -0.2) is 21.4 Å². The Morgan fingerprint density at radius 3 is 3.00 bits per heavy atom.